The molecule has 3 aliphatic rings. The third-order valence-electron chi connectivity index (χ3n) is 8.93. The molecule has 3 aromatic rings. The number of benzene rings is 2. The molecular weight excluding hydrogens is 571 g/mol. The minimum absolute atomic E-state index is 0.0375. The first-order valence-electron chi connectivity index (χ1n) is 14.8. The van der Waals surface area contributed by atoms with Crippen molar-refractivity contribution in [3.05, 3.63) is 70.8 Å². The van der Waals surface area contributed by atoms with Crippen molar-refractivity contribution in [2.75, 3.05) is 56.7 Å². The average molecular weight is 611 g/mol. The van der Waals surface area contributed by atoms with Crippen molar-refractivity contribution in [3.63, 3.8) is 0 Å². The third kappa shape index (κ3) is 5.81. The van der Waals surface area contributed by atoms with E-state index in [-0.39, 0.29) is 29.7 Å². The summed E-state index contributed by atoms with van der Waals surface area (Å²) in [7, 11) is -1.89. The number of ketones is 1. The quantitative estimate of drug-likeness (QED) is 0.371. The Morgan fingerprint density at radius 3 is 2.58 bits per heavy atom. The van der Waals surface area contributed by atoms with Gasteiger partial charge in [0.15, 0.2) is 5.78 Å². The maximum Gasteiger partial charge on any atom is 0.244 e. The molecule has 43 heavy (non-hydrogen) atoms. The molecule has 3 aliphatic heterocycles. The van der Waals surface area contributed by atoms with Gasteiger partial charge in [0.25, 0.3) is 0 Å². The number of piperazine rings is 1. The lowest BCUT2D eigenvalue weighted by Gasteiger charge is -2.34. The van der Waals surface area contributed by atoms with Crippen LogP contribution in [-0.4, -0.2) is 86.1 Å². The van der Waals surface area contributed by atoms with E-state index in [1.54, 1.807) is 13.8 Å². The second kappa shape index (κ2) is 11.6. The first-order chi connectivity index (χ1) is 20.5. The Bertz CT molecular complexity index is 1610. The van der Waals surface area contributed by atoms with E-state index in [4.69, 9.17) is 4.74 Å². The molecular formula is C31H39FN6O4S. The molecule has 0 unspecified atom stereocenters. The van der Waals surface area contributed by atoms with Gasteiger partial charge in [0.05, 0.1) is 22.5 Å². The van der Waals surface area contributed by atoms with Gasteiger partial charge in [0.1, 0.15) is 5.82 Å². The molecule has 6 rings (SSSR count). The van der Waals surface area contributed by atoms with Gasteiger partial charge in [0.2, 0.25) is 10.0 Å². The zero-order valence-corrected chi connectivity index (χ0v) is 25.7. The highest BCUT2D eigenvalue weighted by molar-refractivity contribution is 7.89. The van der Waals surface area contributed by atoms with Crippen molar-refractivity contribution in [1.29, 1.82) is 0 Å². The van der Waals surface area contributed by atoms with Crippen LogP contribution in [0.15, 0.2) is 47.4 Å². The second-order valence-corrected chi connectivity index (χ2v) is 14.1. The number of Topliss-reactive ketones (excluding diaryl/α,β-unsaturated/α-hetero) is 1. The Labute approximate surface area is 252 Å². The van der Waals surface area contributed by atoms with Crippen molar-refractivity contribution >= 4 is 27.2 Å². The fourth-order valence-corrected chi connectivity index (χ4v) is 8.05. The van der Waals surface area contributed by atoms with Crippen molar-refractivity contribution in [1.82, 2.24) is 19.4 Å². The van der Waals surface area contributed by atoms with Gasteiger partial charge < -0.3 is 19.9 Å². The molecule has 0 amide bonds. The summed E-state index contributed by atoms with van der Waals surface area (Å²) in [5, 5.41) is 11.1. The Kier molecular flexibility index (Phi) is 8.05. The number of hydrogen-bond donors (Lipinski definition) is 2. The van der Waals surface area contributed by atoms with Crippen LogP contribution in [0.25, 0.3) is 0 Å². The van der Waals surface area contributed by atoms with Crippen LogP contribution in [0.4, 0.5) is 15.8 Å². The Morgan fingerprint density at radius 2 is 1.86 bits per heavy atom. The fraction of sp³-hybridized carbons (Fsp3) is 0.484. The summed E-state index contributed by atoms with van der Waals surface area (Å²) < 4.78 is 47.9. The number of likely N-dealkylation sites (N-methyl/N-ethyl adjacent to an activating group) is 1. The minimum atomic E-state index is -4.02. The lowest BCUT2D eigenvalue weighted by atomic mass is 9.98. The molecule has 12 heteroatoms. The number of carbonyl (C=O) groups excluding carboxylic acids is 1. The van der Waals surface area contributed by atoms with E-state index in [9.17, 15) is 17.6 Å². The number of nitrogens with one attached hydrogen (secondary N) is 2. The molecule has 2 aromatic carbocycles. The van der Waals surface area contributed by atoms with E-state index in [0.29, 0.717) is 35.7 Å². The van der Waals surface area contributed by atoms with Gasteiger partial charge in [-0.05, 0) is 70.1 Å². The third-order valence-corrected chi connectivity index (χ3v) is 10.9. The predicted molar refractivity (Wildman–Crippen MR) is 162 cm³/mol. The topological polar surface area (TPSA) is 111 Å². The summed E-state index contributed by atoms with van der Waals surface area (Å²) in [5.74, 6) is -0.707. The molecule has 0 aliphatic carbocycles. The lowest BCUT2D eigenvalue weighted by molar-refractivity contribution is 0.0904. The van der Waals surface area contributed by atoms with Gasteiger partial charge in [-0.15, -0.1) is 0 Å². The van der Waals surface area contributed by atoms with Crippen LogP contribution in [0.2, 0.25) is 0 Å². The first-order valence-corrected chi connectivity index (χ1v) is 16.3. The Balaban J connectivity index is 1.27. The molecule has 1 aromatic heterocycles. The van der Waals surface area contributed by atoms with Gasteiger partial charge in [-0.1, -0.05) is 6.07 Å². The van der Waals surface area contributed by atoms with Gasteiger partial charge in [-0.2, -0.15) is 9.40 Å². The SMILES string of the molecule is CN1CCN(c2ccc(C(=O)Cc3[nH]nc4c3CN(S(=O)(=O)c3cccc(F)c3)C4(C)C)c(NC3CCOCC3)c2)CC1. The molecule has 2 N–H and O–H groups in total. The number of ether oxygens (including phenoxy) is 1. The summed E-state index contributed by atoms with van der Waals surface area (Å²) in [5.41, 5.74) is 3.34. The molecule has 0 radical (unpaired) electrons. The normalized spacial score (nSPS) is 19.9. The van der Waals surface area contributed by atoms with Gasteiger partial charge >= 0.3 is 0 Å². The predicted octanol–water partition coefficient (Wildman–Crippen LogP) is 3.76. The summed E-state index contributed by atoms with van der Waals surface area (Å²) in [4.78, 5) is 18.4. The Morgan fingerprint density at radius 1 is 1.12 bits per heavy atom. The number of rotatable bonds is 8. The van der Waals surface area contributed by atoms with Gasteiger partial charge in [-0.3, -0.25) is 9.89 Å². The number of nitrogens with zero attached hydrogens (tertiary/aromatic N) is 4. The number of sulfonamides is 1. The van der Waals surface area contributed by atoms with Crippen molar-refractivity contribution < 1.29 is 22.3 Å². The van der Waals surface area contributed by atoms with E-state index in [1.165, 1.54) is 22.5 Å². The van der Waals surface area contributed by atoms with Crippen LogP contribution >= 0.6 is 0 Å². The number of anilines is 2. The van der Waals surface area contributed by atoms with Crippen LogP contribution in [-0.2, 0) is 33.3 Å². The summed E-state index contributed by atoms with van der Waals surface area (Å²) in [6, 6.07) is 11.2. The minimum Gasteiger partial charge on any atom is -0.381 e. The summed E-state index contributed by atoms with van der Waals surface area (Å²) >= 11 is 0. The highest BCUT2D eigenvalue weighted by Crippen LogP contribution is 2.43. The number of carbonyl (C=O) groups is 1. The monoisotopic (exact) mass is 610 g/mol. The van der Waals surface area contributed by atoms with Crippen LogP contribution in [0.5, 0.6) is 0 Å². The molecule has 0 bridgehead atoms. The number of aromatic amines is 1. The largest absolute Gasteiger partial charge is 0.381 e. The molecule has 0 atom stereocenters. The van der Waals surface area contributed by atoms with Crippen LogP contribution in [0.1, 0.15) is 54.0 Å². The smallest absolute Gasteiger partial charge is 0.244 e. The second-order valence-electron chi connectivity index (χ2n) is 12.2. The van der Waals surface area contributed by atoms with Crippen LogP contribution < -0.4 is 10.2 Å². The molecule has 4 heterocycles. The molecule has 230 valence electrons. The molecule has 10 nitrogen and oxygen atoms in total. The van der Waals surface area contributed by atoms with Crippen molar-refractivity contribution in [2.45, 2.75) is 56.1 Å². The highest BCUT2D eigenvalue weighted by atomic mass is 32.2. The number of halogens is 1. The first kappa shape index (κ1) is 29.7. The zero-order valence-electron chi connectivity index (χ0n) is 24.9. The van der Waals surface area contributed by atoms with E-state index in [1.807, 2.05) is 12.1 Å². The van der Waals surface area contributed by atoms with Crippen LogP contribution in [0, 0.1) is 5.82 Å². The van der Waals surface area contributed by atoms with E-state index in [0.717, 1.165) is 56.5 Å². The highest BCUT2D eigenvalue weighted by Gasteiger charge is 2.48. The van der Waals surface area contributed by atoms with Crippen molar-refractivity contribution in [3.8, 4) is 0 Å². The van der Waals surface area contributed by atoms with E-state index < -0.39 is 21.4 Å². The number of hydrogen-bond acceptors (Lipinski definition) is 8. The van der Waals surface area contributed by atoms with E-state index in [2.05, 4.69) is 38.4 Å². The standard InChI is InChI=1S/C31H39FN6O4S/c1-31(2)30-26(20-38(31)43(40,41)24-6-4-5-21(32)17-24)28(34-35-30)19-29(39)25-8-7-23(37-13-11-36(3)12-14-37)18-27(25)33-22-9-15-42-16-10-22/h4-8,17-18,22,33H,9-16,19-20H2,1-3H3,(H,34,35). The van der Waals surface area contributed by atoms with Gasteiger partial charge in [0, 0.05) is 80.2 Å². The lowest BCUT2D eigenvalue weighted by Crippen LogP contribution is -2.44. The number of aromatic nitrogens is 2. The summed E-state index contributed by atoms with van der Waals surface area (Å²) in [6.07, 6.45) is 1.78. The molecule has 2 fully saturated rings. The maximum absolute atomic E-state index is 13.9. The summed E-state index contributed by atoms with van der Waals surface area (Å²) in [6.45, 7) is 8.76. The average Bonchev–Trinajstić information content (AvgIpc) is 3.51. The fourth-order valence-electron chi connectivity index (χ4n) is 6.30. The number of fused-ring (bicyclic) bond motifs is 1. The Hall–Kier alpha value is -3.32. The van der Waals surface area contributed by atoms with Gasteiger partial charge in [-0.25, -0.2) is 12.8 Å². The molecule has 2 saturated heterocycles. The van der Waals surface area contributed by atoms with Crippen molar-refractivity contribution in [2.24, 2.45) is 0 Å². The maximum atomic E-state index is 13.9. The number of H-pyrrole nitrogens is 1. The molecule has 0 saturated carbocycles. The zero-order chi connectivity index (χ0) is 30.4. The molecule has 0 spiro atoms. The van der Waals surface area contributed by atoms with E-state index >= 15 is 0 Å². The van der Waals surface area contributed by atoms with Crippen LogP contribution in [0.3, 0.4) is 0 Å².